The molecule has 0 saturated carbocycles. The molecule has 3 rings (SSSR count). The van der Waals surface area contributed by atoms with E-state index in [0.717, 1.165) is 18.0 Å². The number of thioether (sulfide) groups is 1. The molecule has 0 radical (unpaired) electrons. The van der Waals surface area contributed by atoms with Crippen molar-refractivity contribution in [2.45, 2.75) is 65.2 Å². The molecule has 3 atom stereocenters. The highest BCUT2D eigenvalue weighted by molar-refractivity contribution is 7.99. The zero-order valence-electron chi connectivity index (χ0n) is 28.3. The van der Waals surface area contributed by atoms with Gasteiger partial charge in [0.1, 0.15) is 23.9 Å². The lowest BCUT2D eigenvalue weighted by Crippen LogP contribution is -2.47. The number of nitrogens with zero attached hydrogens (tertiary/aromatic N) is 2. The zero-order chi connectivity index (χ0) is 37.2. The minimum absolute atomic E-state index is 0.00975. The highest BCUT2D eigenvalue weighted by Gasteiger charge is 2.39. The predicted molar refractivity (Wildman–Crippen MR) is 186 cm³/mol. The van der Waals surface area contributed by atoms with Crippen molar-refractivity contribution in [2.75, 3.05) is 29.2 Å². The van der Waals surface area contributed by atoms with Crippen molar-refractivity contribution in [1.29, 1.82) is 0 Å². The number of methoxy groups -OCH3 is 1. The maximum atomic E-state index is 13.5. The van der Waals surface area contributed by atoms with Crippen LogP contribution in [0.1, 0.15) is 57.7 Å². The van der Waals surface area contributed by atoms with E-state index in [0.29, 0.717) is 28.3 Å². The summed E-state index contributed by atoms with van der Waals surface area (Å²) < 4.78 is 5.14. The Morgan fingerprint density at radius 3 is 2.20 bits per heavy atom. The SMILES string of the molecule is COc1ccc(N/C(=C/[N+](=O)[O-])Nc2ccc3c(c2)CN(C(C)=O)C3C(=O)NC(CCSCC(NC(=O)CC(C)(C)C)C(=O)O)C(=O)O)cc1. The van der Waals surface area contributed by atoms with Crippen LogP contribution in [-0.4, -0.2) is 80.4 Å². The number of anilines is 2. The van der Waals surface area contributed by atoms with Gasteiger partial charge in [-0.2, -0.15) is 11.8 Å². The molecule has 3 unspecified atom stereocenters. The number of aliphatic carboxylic acids is 2. The summed E-state index contributed by atoms with van der Waals surface area (Å²) in [5.74, 6) is -3.29. The molecule has 17 heteroatoms. The quantitative estimate of drug-likeness (QED) is 0.0785. The van der Waals surface area contributed by atoms with E-state index < -0.39 is 52.7 Å². The molecule has 50 heavy (non-hydrogen) atoms. The van der Waals surface area contributed by atoms with Gasteiger partial charge in [0.25, 0.3) is 6.20 Å². The summed E-state index contributed by atoms with van der Waals surface area (Å²) in [6, 6.07) is 7.89. The molecule has 0 spiro atoms. The molecule has 6 N–H and O–H groups in total. The third-order valence-corrected chi connectivity index (χ3v) is 8.49. The monoisotopic (exact) mass is 714 g/mol. The summed E-state index contributed by atoms with van der Waals surface area (Å²) in [7, 11) is 1.52. The van der Waals surface area contributed by atoms with Crippen molar-refractivity contribution in [1.82, 2.24) is 15.5 Å². The maximum absolute atomic E-state index is 13.5. The lowest BCUT2D eigenvalue weighted by atomic mass is 9.92. The van der Waals surface area contributed by atoms with Crippen LogP contribution in [0, 0.1) is 15.5 Å². The summed E-state index contributed by atoms with van der Waals surface area (Å²) in [5, 5.41) is 41.6. The molecule has 0 bridgehead atoms. The highest BCUT2D eigenvalue weighted by atomic mass is 32.2. The number of benzene rings is 2. The Balaban J connectivity index is 1.69. The van der Waals surface area contributed by atoms with Gasteiger partial charge in [-0.15, -0.1) is 0 Å². The highest BCUT2D eigenvalue weighted by Crippen LogP contribution is 2.36. The average Bonchev–Trinajstić information content (AvgIpc) is 3.40. The van der Waals surface area contributed by atoms with Crippen LogP contribution in [0.2, 0.25) is 0 Å². The Hall–Kier alpha value is -5.32. The van der Waals surface area contributed by atoms with E-state index in [1.807, 2.05) is 20.8 Å². The van der Waals surface area contributed by atoms with Gasteiger partial charge in [0.2, 0.25) is 17.7 Å². The number of ether oxygens (including phenoxy) is 1. The second-order valence-electron chi connectivity index (χ2n) is 12.7. The molecule has 1 aliphatic heterocycles. The van der Waals surface area contributed by atoms with Crippen LogP contribution in [0.3, 0.4) is 0 Å². The van der Waals surface area contributed by atoms with Crippen LogP contribution in [-0.2, 0) is 30.5 Å². The number of carboxylic acid groups (broad SMARTS) is 2. The molecular weight excluding hydrogens is 672 g/mol. The molecule has 0 fully saturated rings. The van der Waals surface area contributed by atoms with E-state index in [9.17, 15) is 44.3 Å². The number of carbonyl (C=O) groups excluding carboxylic acids is 3. The third-order valence-electron chi connectivity index (χ3n) is 7.40. The first kappa shape index (κ1) is 39.1. The number of nitro groups is 1. The van der Waals surface area contributed by atoms with Crippen LogP contribution < -0.4 is 26.0 Å². The molecule has 0 aliphatic carbocycles. The topological polar surface area (TPSA) is 230 Å². The second-order valence-corrected chi connectivity index (χ2v) is 13.9. The average molecular weight is 715 g/mol. The maximum Gasteiger partial charge on any atom is 0.327 e. The summed E-state index contributed by atoms with van der Waals surface area (Å²) in [6.45, 7) is 6.87. The van der Waals surface area contributed by atoms with Crippen LogP contribution in [0.5, 0.6) is 5.75 Å². The van der Waals surface area contributed by atoms with Gasteiger partial charge < -0.3 is 41.1 Å². The third kappa shape index (κ3) is 11.7. The first-order chi connectivity index (χ1) is 23.5. The van der Waals surface area contributed by atoms with Gasteiger partial charge in [-0.05, 0) is 65.1 Å². The molecule has 1 aliphatic rings. The normalized spacial score (nSPS) is 15.3. The van der Waals surface area contributed by atoms with E-state index in [-0.39, 0.29) is 42.1 Å². The standard InChI is InChI=1S/C33H42N6O10S/c1-19(40)38-16-20-14-22(35-27(17-39(47)48)34-21-6-9-23(49-5)10-7-21)8-11-24(20)29(38)30(42)37-25(31(43)44)12-13-50-18-26(32(45)46)36-28(41)15-33(2,3)4/h6-11,14,17,25-26,29,34-35H,12-13,15-16,18H2,1-5H3,(H,36,41)(H,37,42)(H,43,44)(H,45,46)/b27-17-. The zero-order valence-corrected chi connectivity index (χ0v) is 29.2. The minimum Gasteiger partial charge on any atom is -0.497 e. The first-order valence-corrected chi connectivity index (χ1v) is 16.7. The number of rotatable bonds is 17. The first-order valence-electron chi connectivity index (χ1n) is 15.5. The van der Waals surface area contributed by atoms with Crippen molar-refractivity contribution in [3.63, 3.8) is 0 Å². The van der Waals surface area contributed by atoms with Crippen molar-refractivity contribution in [3.8, 4) is 5.75 Å². The fraction of sp³-hybridized carbons (Fsp3) is 0.424. The number of amides is 3. The van der Waals surface area contributed by atoms with Gasteiger partial charge in [0.15, 0.2) is 5.82 Å². The van der Waals surface area contributed by atoms with Gasteiger partial charge >= 0.3 is 11.9 Å². The molecule has 16 nitrogen and oxygen atoms in total. The molecule has 0 aromatic heterocycles. The van der Waals surface area contributed by atoms with E-state index in [1.165, 1.54) is 18.9 Å². The predicted octanol–water partition coefficient (Wildman–Crippen LogP) is 3.40. The Morgan fingerprint density at radius 1 is 1.02 bits per heavy atom. The van der Waals surface area contributed by atoms with Gasteiger partial charge in [0.05, 0.1) is 12.0 Å². The van der Waals surface area contributed by atoms with Crippen molar-refractivity contribution in [3.05, 3.63) is 75.7 Å². The van der Waals surface area contributed by atoms with Crippen molar-refractivity contribution >= 4 is 52.8 Å². The fourth-order valence-electron chi connectivity index (χ4n) is 5.10. The Labute approximate surface area is 293 Å². The number of carboxylic acids is 2. The van der Waals surface area contributed by atoms with Crippen LogP contribution in [0.4, 0.5) is 11.4 Å². The molecule has 2 aromatic carbocycles. The van der Waals surface area contributed by atoms with E-state index in [2.05, 4.69) is 21.3 Å². The second kappa shape index (κ2) is 17.4. The number of hydrogen-bond acceptors (Lipinski definition) is 11. The molecule has 270 valence electrons. The van der Waals surface area contributed by atoms with Crippen molar-refractivity contribution < 1.29 is 43.8 Å². The van der Waals surface area contributed by atoms with Gasteiger partial charge in [-0.3, -0.25) is 24.5 Å². The molecule has 1 heterocycles. The van der Waals surface area contributed by atoms with Gasteiger partial charge in [-0.25, -0.2) is 9.59 Å². The van der Waals surface area contributed by atoms with Crippen LogP contribution >= 0.6 is 11.8 Å². The lowest BCUT2D eigenvalue weighted by Gasteiger charge is -2.25. The Kier molecular flexibility index (Phi) is 13.6. The van der Waals surface area contributed by atoms with E-state index >= 15 is 0 Å². The van der Waals surface area contributed by atoms with Gasteiger partial charge in [-0.1, -0.05) is 26.8 Å². The number of nitrogens with one attached hydrogen (secondary N) is 4. The molecular formula is C33H42N6O10S. The van der Waals surface area contributed by atoms with Crippen LogP contribution in [0.25, 0.3) is 0 Å². The molecule has 2 aromatic rings. The minimum atomic E-state index is -1.34. The molecule has 0 saturated heterocycles. The Morgan fingerprint density at radius 2 is 1.64 bits per heavy atom. The summed E-state index contributed by atoms with van der Waals surface area (Å²) in [5.41, 5.74) is 1.67. The van der Waals surface area contributed by atoms with Crippen molar-refractivity contribution in [2.24, 2.45) is 5.41 Å². The number of fused-ring (bicyclic) bond motifs is 1. The fourth-order valence-corrected chi connectivity index (χ4v) is 6.14. The lowest BCUT2D eigenvalue weighted by molar-refractivity contribution is -0.403. The smallest absolute Gasteiger partial charge is 0.327 e. The summed E-state index contributed by atoms with van der Waals surface area (Å²) >= 11 is 1.12. The van der Waals surface area contributed by atoms with E-state index in [4.69, 9.17) is 4.74 Å². The number of carbonyl (C=O) groups is 5. The summed E-state index contributed by atoms with van der Waals surface area (Å²) in [4.78, 5) is 74.1. The molecule has 3 amide bonds. The Bertz CT molecular complexity index is 1630. The van der Waals surface area contributed by atoms with Gasteiger partial charge in [0, 0.05) is 37.0 Å². The largest absolute Gasteiger partial charge is 0.497 e. The summed E-state index contributed by atoms with van der Waals surface area (Å²) in [6.07, 6.45) is 0.837. The van der Waals surface area contributed by atoms with E-state index in [1.54, 1.807) is 42.5 Å². The number of hydrogen-bond donors (Lipinski definition) is 6. The van der Waals surface area contributed by atoms with Crippen LogP contribution in [0.15, 0.2) is 54.5 Å².